The molecule has 0 atom stereocenters. The number of methoxy groups -OCH3 is 1. The highest BCUT2D eigenvalue weighted by Gasteiger charge is 2.02. The predicted molar refractivity (Wildman–Crippen MR) is 48.0 cm³/mol. The van der Waals surface area contributed by atoms with Gasteiger partial charge in [-0.15, -0.1) is 0 Å². The molecule has 0 aliphatic heterocycles. The van der Waals surface area contributed by atoms with Gasteiger partial charge >= 0.3 is 0 Å². The van der Waals surface area contributed by atoms with Gasteiger partial charge in [-0.25, -0.2) is 0 Å². The molecule has 0 saturated carbocycles. The molecule has 0 aliphatic rings. The number of ether oxygens (including phenoxy) is 1. The molecule has 0 aromatic heterocycles. The van der Waals surface area contributed by atoms with E-state index in [4.69, 9.17) is 9.84 Å². The fourth-order valence-electron chi connectivity index (χ4n) is 0.864. The molecule has 0 saturated heterocycles. The molecule has 0 unspecified atom stereocenters. The van der Waals surface area contributed by atoms with Gasteiger partial charge < -0.3 is 9.84 Å². The molecule has 0 radical (unpaired) electrons. The summed E-state index contributed by atoms with van der Waals surface area (Å²) in [5.41, 5.74) is 0.913. The second-order valence-electron chi connectivity index (χ2n) is 2.13. The van der Waals surface area contributed by atoms with Gasteiger partial charge in [0.2, 0.25) is 0 Å². The minimum atomic E-state index is 0.260. The highest BCUT2D eigenvalue weighted by atomic mass is 79.9. The Morgan fingerprint density at radius 1 is 1.55 bits per heavy atom. The Labute approximate surface area is 73.9 Å². The molecule has 0 fully saturated rings. The molecule has 3 heteroatoms. The molecule has 2 N–H and O–H groups in total. The van der Waals surface area contributed by atoms with Gasteiger partial charge in [-0.3, -0.25) is 0 Å². The van der Waals surface area contributed by atoms with Crippen molar-refractivity contribution in [1.29, 1.82) is 0 Å². The molecule has 1 aromatic rings. The lowest BCUT2D eigenvalue weighted by atomic mass is 10.2. The lowest BCUT2D eigenvalue weighted by Crippen LogP contribution is -1.90. The Hall–Kier alpha value is -0.540. The molecule has 60 valence electrons. The summed E-state index contributed by atoms with van der Waals surface area (Å²) in [5.74, 6) is 0.773. The van der Waals surface area contributed by atoms with Gasteiger partial charge in [0.05, 0.1) is 12.7 Å². The van der Waals surface area contributed by atoms with Crippen LogP contribution in [0.4, 0.5) is 0 Å². The molecule has 0 aliphatic carbocycles. The van der Waals surface area contributed by atoms with Crippen LogP contribution in [-0.2, 0) is 6.61 Å². The Kier molecular flexibility index (Phi) is 2.91. The van der Waals surface area contributed by atoms with Crippen molar-refractivity contribution in [2.24, 2.45) is 0 Å². The lowest BCUT2D eigenvalue weighted by molar-refractivity contribution is 0.273. The minimum Gasteiger partial charge on any atom is -0.496 e. The number of hydrogen-bond donors (Lipinski definition) is 0. The Bertz CT molecular complexity index is 248. The van der Waals surface area contributed by atoms with Crippen molar-refractivity contribution >= 4 is 15.9 Å². The van der Waals surface area contributed by atoms with Crippen LogP contribution < -0.4 is 4.74 Å². The summed E-state index contributed by atoms with van der Waals surface area (Å²) in [7, 11) is 1.61. The van der Waals surface area contributed by atoms with Crippen LogP contribution in [0.1, 0.15) is 5.56 Å². The van der Waals surface area contributed by atoms with E-state index in [0.29, 0.717) is 0 Å². The van der Waals surface area contributed by atoms with Crippen molar-refractivity contribution in [2.75, 3.05) is 7.11 Å². The van der Waals surface area contributed by atoms with Gasteiger partial charge in [-0.2, -0.15) is 0 Å². The Balaban J connectivity index is 3.06. The highest BCUT2D eigenvalue weighted by molar-refractivity contribution is 9.10. The zero-order chi connectivity index (χ0) is 8.27. The van der Waals surface area contributed by atoms with Crippen LogP contribution in [0, 0.1) is 0 Å². The molecule has 0 spiro atoms. The number of benzene rings is 1. The fraction of sp³-hybridized carbons (Fsp3) is 0.250. The highest BCUT2D eigenvalue weighted by Crippen LogP contribution is 2.22. The maximum absolute atomic E-state index is 7.16. The van der Waals surface area contributed by atoms with Crippen molar-refractivity contribution in [2.45, 2.75) is 6.61 Å². The zero-order valence-corrected chi connectivity index (χ0v) is 7.81. The summed E-state index contributed by atoms with van der Waals surface area (Å²) in [6.45, 7) is 0.260. The van der Waals surface area contributed by atoms with Crippen LogP contribution in [0.25, 0.3) is 0 Å². The predicted octanol–water partition coefficient (Wildman–Crippen LogP) is 1.68. The number of rotatable bonds is 2. The van der Waals surface area contributed by atoms with Crippen LogP contribution in [0.2, 0.25) is 0 Å². The van der Waals surface area contributed by atoms with Crippen molar-refractivity contribution in [3.63, 3.8) is 0 Å². The van der Waals surface area contributed by atoms with Gasteiger partial charge in [0.1, 0.15) is 5.75 Å². The lowest BCUT2D eigenvalue weighted by Gasteiger charge is -2.03. The van der Waals surface area contributed by atoms with Crippen LogP contribution in [-0.4, -0.2) is 12.2 Å². The monoisotopic (exact) mass is 217 g/mol. The molecule has 0 amide bonds. The molecule has 2 nitrogen and oxygen atoms in total. The largest absolute Gasteiger partial charge is 0.496 e. The van der Waals surface area contributed by atoms with Crippen molar-refractivity contribution < 1.29 is 9.84 Å². The van der Waals surface area contributed by atoms with E-state index in [-0.39, 0.29) is 6.61 Å². The van der Waals surface area contributed by atoms with Crippen molar-refractivity contribution in [3.05, 3.63) is 28.2 Å². The fourth-order valence-corrected chi connectivity index (χ4v) is 1.20. The first-order valence-corrected chi connectivity index (χ1v) is 4.04. The summed E-state index contributed by atoms with van der Waals surface area (Å²) in [6, 6.07) is 5.66. The normalized spacial score (nSPS) is 9.73. The van der Waals surface area contributed by atoms with Crippen molar-refractivity contribution in [1.82, 2.24) is 0 Å². The van der Waals surface area contributed by atoms with E-state index in [9.17, 15) is 0 Å². The second-order valence-corrected chi connectivity index (χ2v) is 3.05. The van der Waals surface area contributed by atoms with Crippen LogP contribution in [0.15, 0.2) is 22.7 Å². The summed E-state index contributed by atoms with van der Waals surface area (Å²) in [5, 5.41) is 7.16. The van der Waals surface area contributed by atoms with Gasteiger partial charge in [-0.1, -0.05) is 15.9 Å². The van der Waals surface area contributed by atoms with E-state index in [1.807, 2.05) is 18.2 Å². The molecule has 1 aromatic carbocycles. The van der Waals surface area contributed by atoms with E-state index in [2.05, 4.69) is 15.9 Å². The maximum Gasteiger partial charge on any atom is 0.173 e. The average Bonchev–Trinajstić information content (AvgIpc) is 2.04. The quantitative estimate of drug-likeness (QED) is 0.695. The van der Waals surface area contributed by atoms with Gasteiger partial charge in [0, 0.05) is 4.47 Å². The zero-order valence-electron chi connectivity index (χ0n) is 6.23. The summed E-state index contributed by atoms with van der Waals surface area (Å²) < 4.78 is 6.05. The molecule has 1 rings (SSSR count). The smallest absolute Gasteiger partial charge is 0.173 e. The third-order valence-electron chi connectivity index (χ3n) is 1.44. The maximum atomic E-state index is 7.16. The minimum absolute atomic E-state index is 0.260. The Morgan fingerprint density at radius 3 is 2.82 bits per heavy atom. The topological polar surface area (TPSA) is 32.1 Å². The van der Waals surface area contributed by atoms with Gasteiger partial charge in [0.25, 0.3) is 0 Å². The van der Waals surface area contributed by atoms with Crippen LogP contribution >= 0.6 is 15.9 Å². The third-order valence-corrected chi connectivity index (χ3v) is 1.93. The molecular weight excluding hydrogens is 208 g/mol. The first-order chi connectivity index (χ1) is 5.27. The molecule has 11 heavy (non-hydrogen) atoms. The van der Waals surface area contributed by atoms with E-state index in [1.54, 1.807) is 7.11 Å². The van der Waals surface area contributed by atoms with Crippen LogP contribution in [0.3, 0.4) is 0 Å². The van der Waals surface area contributed by atoms with E-state index >= 15 is 0 Å². The van der Waals surface area contributed by atoms with Gasteiger partial charge in [0.15, 0.2) is 6.61 Å². The standard InChI is InChI=1S/C8H9BrO2/c1-11-8-4-7(9)3-2-6(8)5-10/h2-4,10H,5H2,1H3/p+1. The number of halogens is 1. The second kappa shape index (κ2) is 3.74. The number of hydrogen-bond acceptors (Lipinski definition) is 1. The van der Waals surface area contributed by atoms with Crippen molar-refractivity contribution in [3.8, 4) is 5.75 Å². The summed E-state index contributed by atoms with van der Waals surface area (Å²) in [6.07, 6.45) is 0. The molecule has 0 heterocycles. The van der Waals surface area contributed by atoms with E-state index in [0.717, 1.165) is 15.8 Å². The third kappa shape index (κ3) is 1.94. The van der Waals surface area contributed by atoms with E-state index < -0.39 is 0 Å². The van der Waals surface area contributed by atoms with Crippen LogP contribution in [0.5, 0.6) is 5.75 Å². The first kappa shape index (κ1) is 8.56. The summed E-state index contributed by atoms with van der Waals surface area (Å²) >= 11 is 3.33. The SMILES string of the molecule is COc1cc(Br)ccc1C[OH2+]. The molecule has 0 bridgehead atoms. The van der Waals surface area contributed by atoms with Gasteiger partial charge in [-0.05, 0) is 18.2 Å². The van der Waals surface area contributed by atoms with E-state index in [1.165, 1.54) is 0 Å². The first-order valence-electron chi connectivity index (χ1n) is 3.25. The Morgan fingerprint density at radius 2 is 2.27 bits per heavy atom. The average molecular weight is 218 g/mol. The summed E-state index contributed by atoms with van der Waals surface area (Å²) in [4.78, 5) is 0. The molecular formula is C8H10BrO2+.